The third-order valence-electron chi connectivity index (χ3n) is 3.39. The zero-order valence-electron chi connectivity index (χ0n) is 13.1. The lowest BCUT2D eigenvalue weighted by atomic mass is 10.1. The Morgan fingerprint density at radius 3 is 2.82 bits per heavy atom. The summed E-state index contributed by atoms with van der Waals surface area (Å²) in [7, 11) is 0. The number of hydrogen-bond acceptors (Lipinski definition) is 3. The maximum absolute atomic E-state index is 12.8. The first-order valence-corrected chi connectivity index (χ1v) is 7.65. The zero-order chi connectivity index (χ0) is 15.9. The SMILES string of the molecule is CCCNC(=O)CN(CCC)C(=O)c1cccc2cn[nH]c12. The summed E-state index contributed by atoms with van der Waals surface area (Å²) in [6, 6.07) is 5.48. The maximum atomic E-state index is 12.8. The van der Waals surface area contributed by atoms with Gasteiger partial charge < -0.3 is 10.2 Å². The molecule has 2 aromatic rings. The molecule has 0 radical (unpaired) electrons. The van der Waals surface area contributed by atoms with E-state index in [1.54, 1.807) is 17.2 Å². The first-order chi connectivity index (χ1) is 10.7. The second kappa shape index (κ2) is 7.59. The lowest BCUT2D eigenvalue weighted by Crippen LogP contribution is -2.41. The molecular weight excluding hydrogens is 280 g/mol. The highest BCUT2D eigenvalue weighted by molar-refractivity contribution is 6.06. The maximum Gasteiger partial charge on any atom is 0.256 e. The number of rotatable bonds is 7. The van der Waals surface area contributed by atoms with E-state index in [1.807, 2.05) is 26.0 Å². The summed E-state index contributed by atoms with van der Waals surface area (Å²) in [6.45, 7) is 5.23. The van der Waals surface area contributed by atoms with Gasteiger partial charge in [-0.15, -0.1) is 0 Å². The van der Waals surface area contributed by atoms with E-state index < -0.39 is 0 Å². The van der Waals surface area contributed by atoms with Crippen LogP contribution in [-0.4, -0.2) is 46.5 Å². The molecule has 2 rings (SSSR count). The van der Waals surface area contributed by atoms with Gasteiger partial charge in [0, 0.05) is 18.5 Å². The Morgan fingerprint density at radius 2 is 2.09 bits per heavy atom. The topological polar surface area (TPSA) is 78.1 Å². The molecule has 6 heteroatoms. The molecule has 2 N–H and O–H groups in total. The molecule has 22 heavy (non-hydrogen) atoms. The van der Waals surface area contributed by atoms with Gasteiger partial charge in [-0.05, 0) is 18.9 Å². The number of hydrogen-bond donors (Lipinski definition) is 2. The van der Waals surface area contributed by atoms with Gasteiger partial charge >= 0.3 is 0 Å². The van der Waals surface area contributed by atoms with Crippen LogP contribution < -0.4 is 5.32 Å². The van der Waals surface area contributed by atoms with E-state index in [2.05, 4.69) is 15.5 Å². The summed E-state index contributed by atoms with van der Waals surface area (Å²) < 4.78 is 0. The van der Waals surface area contributed by atoms with Crippen LogP contribution in [0.1, 0.15) is 37.0 Å². The number of nitrogens with zero attached hydrogens (tertiary/aromatic N) is 2. The molecule has 0 aliphatic rings. The van der Waals surface area contributed by atoms with Gasteiger partial charge in [0.2, 0.25) is 5.91 Å². The highest BCUT2D eigenvalue weighted by Crippen LogP contribution is 2.17. The van der Waals surface area contributed by atoms with E-state index >= 15 is 0 Å². The minimum absolute atomic E-state index is 0.0806. The lowest BCUT2D eigenvalue weighted by Gasteiger charge is -2.22. The fraction of sp³-hybridized carbons (Fsp3) is 0.438. The van der Waals surface area contributed by atoms with Crippen LogP contribution in [-0.2, 0) is 4.79 Å². The fourth-order valence-electron chi connectivity index (χ4n) is 2.33. The van der Waals surface area contributed by atoms with Crippen LogP contribution >= 0.6 is 0 Å². The van der Waals surface area contributed by atoms with Gasteiger partial charge in [0.05, 0.1) is 23.8 Å². The van der Waals surface area contributed by atoms with E-state index in [0.29, 0.717) is 24.2 Å². The molecular formula is C16H22N4O2. The van der Waals surface area contributed by atoms with Crippen molar-refractivity contribution in [3.63, 3.8) is 0 Å². The van der Waals surface area contributed by atoms with Gasteiger partial charge in [-0.2, -0.15) is 5.10 Å². The lowest BCUT2D eigenvalue weighted by molar-refractivity contribution is -0.121. The Kier molecular flexibility index (Phi) is 5.52. The van der Waals surface area contributed by atoms with Crippen LogP contribution in [0.15, 0.2) is 24.4 Å². The van der Waals surface area contributed by atoms with Crippen LogP contribution in [0, 0.1) is 0 Å². The number of nitrogens with one attached hydrogen (secondary N) is 2. The number of carbonyl (C=O) groups is 2. The third kappa shape index (κ3) is 3.63. The molecule has 0 atom stereocenters. The molecule has 1 aromatic heterocycles. The van der Waals surface area contributed by atoms with Crippen LogP contribution in [0.4, 0.5) is 0 Å². The summed E-state index contributed by atoms with van der Waals surface area (Å²) >= 11 is 0. The molecule has 118 valence electrons. The number of carbonyl (C=O) groups excluding carboxylic acids is 2. The number of fused-ring (bicyclic) bond motifs is 1. The smallest absolute Gasteiger partial charge is 0.256 e. The van der Waals surface area contributed by atoms with Crippen molar-refractivity contribution < 1.29 is 9.59 Å². The van der Waals surface area contributed by atoms with Gasteiger partial charge in [-0.25, -0.2) is 0 Å². The highest BCUT2D eigenvalue weighted by Gasteiger charge is 2.20. The molecule has 0 bridgehead atoms. The Balaban J connectivity index is 2.18. The first-order valence-electron chi connectivity index (χ1n) is 7.65. The number of amides is 2. The van der Waals surface area contributed by atoms with Crippen LogP contribution in [0.25, 0.3) is 10.9 Å². The predicted molar refractivity (Wildman–Crippen MR) is 85.6 cm³/mol. The number of para-hydroxylation sites is 1. The fourth-order valence-corrected chi connectivity index (χ4v) is 2.33. The number of benzene rings is 1. The van der Waals surface area contributed by atoms with E-state index in [-0.39, 0.29) is 18.4 Å². The Hall–Kier alpha value is -2.37. The molecule has 0 aliphatic carbocycles. The predicted octanol–water partition coefficient (Wildman–Crippen LogP) is 1.94. The second-order valence-electron chi connectivity index (χ2n) is 5.22. The van der Waals surface area contributed by atoms with E-state index in [4.69, 9.17) is 0 Å². The summed E-state index contributed by atoms with van der Waals surface area (Å²) in [5.41, 5.74) is 1.26. The molecule has 0 fully saturated rings. The molecule has 0 unspecified atom stereocenters. The summed E-state index contributed by atoms with van der Waals surface area (Å²) in [6.07, 6.45) is 3.36. The van der Waals surface area contributed by atoms with E-state index in [1.165, 1.54) is 0 Å². The first kappa shape index (κ1) is 16.0. The molecule has 0 saturated carbocycles. The minimum atomic E-state index is -0.150. The Labute approximate surface area is 129 Å². The monoisotopic (exact) mass is 302 g/mol. The Morgan fingerprint density at radius 1 is 1.27 bits per heavy atom. The summed E-state index contributed by atoms with van der Waals surface area (Å²) in [4.78, 5) is 26.2. The molecule has 0 aliphatic heterocycles. The van der Waals surface area contributed by atoms with Crippen molar-refractivity contribution >= 4 is 22.7 Å². The van der Waals surface area contributed by atoms with Crippen molar-refractivity contribution in [2.45, 2.75) is 26.7 Å². The largest absolute Gasteiger partial charge is 0.355 e. The Bertz CT molecular complexity index is 650. The van der Waals surface area contributed by atoms with E-state index in [0.717, 1.165) is 18.2 Å². The van der Waals surface area contributed by atoms with Crippen molar-refractivity contribution in [1.82, 2.24) is 20.4 Å². The van der Waals surface area contributed by atoms with Gasteiger partial charge in [0.25, 0.3) is 5.91 Å². The van der Waals surface area contributed by atoms with Crippen molar-refractivity contribution in [2.75, 3.05) is 19.6 Å². The minimum Gasteiger partial charge on any atom is -0.355 e. The number of aromatic amines is 1. The molecule has 0 saturated heterocycles. The molecule has 0 spiro atoms. The van der Waals surface area contributed by atoms with Crippen LogP contribution in [0.5, 0.6) is 0 Å². The molecule has 1 aromatic carbocycles. The zero-order valence-corrected chi connectivity index (χ0v) is 13.1. The summed E-state index contributed by atoms with van der Waals surface area (Å²) in [5.74, 6) is -0.274. The van der Waals surface area contributed by atoms with Crippen LogP contribution in [0.2, 0.25) is 0 Å². The molecule has 6 nitrogen and oxygen atoms in total. The summed E-state index contributed by atoms with van der Waals surface area (Å²) in [5, 5.41) is 10.5. The molecule has 1 heterocycles. The average molecular weight is 302 g/mol. The van der Waals surface area contributed by atoms with Gasteiger partial charge in [-0.3, -0.25) is 14.7 Å². The second-order valence-corrected chi connectivity index (χ2v) is 5.22. The molecule has 2 amide bonds. The van der Waals surface area contributed by atoms with E-state index in [9.17, 15) is 9.59 Å². The van der Waals surface area contributed by atoms with Crippen molar-refractivity contribution in [1.29, 1.82) is 0 Å². The van der Waals surface area contributed by atoms with Gasteiger partial charge in [0.1, 0.15) is 0 Å². The normalized spacial score (nSPS) is 10.6. The quantitative estimate of drug-likeness (QED) is 0.820. The third-order valence-corrected chi connectivity index (χ3v) is 3.39. The van der Waals surface area contributed by atoms with Crippen molar-refractivity contribution in [3.8, 4) is 0 Å². The standard InChI is InChI=1S/C16H22N4O2/c1-3-8-17-14(21)11-20(9-4-2)16(22)13-7-5-6-12-10-18-19-15(12)13/h5-7,10H,3-4,8-9,11H2,1-2H3,(H,17,21)(H,18,19). The van der Waals surface area contributed by atoms with Crippen LogP contribution in [0.3, 0.4) is 0 Å². The number of aromatic nitrogens is 2. The van der Waals surface area contributed by atoms with Gasteiger partial charge in [0.15, 0.2) is 0 Å². The van der Waals surface area contributed by atoms with Crippen molar-refractivity contribution in [3.05, 3.63) is 30.0 Å². The number of H-pyrrole nitrogens is 1. The highest BCUT2D eigenvalue weighted by atomic mass is 16.2. The average Bonchev–Trinajstić information content (AvgIpc) is 3.00. The van der Waals surface area contributed by atoms with Crippen molar-refractivity contribution in [2.24, 2.45) is 0 Å². The van der Waals surface area contributed by atoms with Gasteiger partial charge in [-0.1, -0.05) is 26.0 Å².